The molecule has 2 N–H and O–H groups in total. The van der Waals surface area contributed by atoms with E-state index in [4.69, 9.17) is 45.3 Å². The summed E-state index contributed by atoms with van der Waals surface area (Å²) >= 11 is 18.0. The number of hydrogen-bond acceptors (Lipinski definition) is 3. The molecule has 0 fully saturated rings. The fraction of sp³-hybridized carbons (Fsp3) is 0.308. The van der Waals surface area contributed by atoms with Crippen LogP contribution in [0.3, 0.4) is 0 Å². The summed E-state index contributed by atoms with van der Waals surface area (Å²) < 4.78 is 7.49. The predicted molar refractivity (Wildman–Crippen MR) is 83.2 cm³/mol. The molecule has 4 nitrogen and oxygen atoms in total. The molecule has 1 aromatic carbocycles. The van der Waals surface area contributed by atoms with Crippen LogP contribution in [0.15, 0.2) is 12.1 Å². The van der Waals surface area contributed by atoms with Gasteiger partial charge in [-0.05, 0) is 19.4 Å². The van der Waals surface area contributed by atoms with Crippen LogP contribution in [0.25, 0.3) is 0 Å². The highest BCUT2D eigenvalue weighted by molar-refractivity contribution is 6.43. The molecule has 0 saturated carbocycles. The summed E-state index contributed by atoms with van der Waals surface area (Å²) in [4.78, 5) is 0. The normalized spacial score (nSPS) is 10.8. The number of anilines is 1. The maximum atomic E-state index is 6.10. The number of benzene rings is 1. The van der Waals surface area contributed by atoms with Gasteiger partial charge in [-0.1, -0.05) is 41.7 Å². The van der Waals surface area contributed by atoms with E-state index in [1.54, 1.807) is 10.7 Å². The number of aromatic nitrogens is 2. The van der Waals surface area contributed by atoms with E-state index in [0.717, 1.165) is 6.42 Å². The van der Waals surface area contributed by atoms with Gasteiger partial charge in [0.15, 0.2) is 0 Å². The zero-order valence-corrected chi connectivity index (χ0v) is 13.4. The molecule has 2 rings (SSSR count). The van der Waals surface area contributed by atoms with Crippen LogP contribution in [0, 0.1) is 6.92 Å². The molecule has 1 aromatic heterocycles. The fourth-order valence-electron chi connectivity index (χ4n) is 1.73. The number of nitrogen functional groups attached to an aromatic ring is 1. The molecule has 108 valence electrons. The first-order valence-electron chi connectivity index (χ1n) is 6.09. The molecule has 0 bridgehead atoms. The first kappa shape index (κ1) is 15.3. The summed E-state index contributed by atoms with van der Waals surface area (Å²) in [6, 6.07) is 3.09. The van der Waals surface area contributed by atoms with Crippen molar-refractivity contribution in [1.29, 1.82) is 0 Å². The summed E-state index contributed by atoms with van der Waals surface area (Å²) in [5.41, 5.74) is 7.19. The molecule has 0 amide bonds. The van der Waals surface area contributed by atoms with Gasteiger partial charge in [-0.15, -0.1) is 0 Å². The largest absolute Gasteiger partial charge is 0.436 e. The quantitative estimate of drug-likeness (QED) is 0.806. The Morgan fingerprint density at radius 1 is 1.20 bits per heavy atom. The van der Waals surface area contributed by atoms with Crippen LogP contribution in [-0.4, -0.2) is 9.78 Å². The van der Waals surface area contributed by atoms with Crippen LogP contribution in [-0.2, 0) is 6.54 Å². The van der Waals surface area contributed by atoms with Crippen molar-refractivity contribution in [3.63, 3.8) is 0 Å². The van der Waals surface area contributed by atoms with Crippen molar-refractivity contribution in [1.82, 2.24) is 9.78 Å². The van der Waals surface area contributed by atoms with E-state index in [0.29, 0.717) is 44.6 Å². The van der Waals surface area contributed by atoms with Crippen molar-refractivity contribution in [2.24, 2.45) is 0 Å². The van der Waals surface area contributed by atoms with Gasteiger partial charge in [0, 0.05) is 12.6 Å². The second kappa shape index (κ2) is 6.12. The van der Waals surface area contributed by atoms with E-state index < -0.39 is 0 Å². The Bertz CT molecular complexity index is 640. The highest BCUT2D eigenvalue weighted by atomic mass is 35.5. The van der Waals surface area contributed by atoms with Crippen LogP contribution in [0.2, 0.25) is 15.1 Å². The van der Waals surface area contributed by atoms with Crippen LogP contribution in [0.1, 0.15) is 19.0 Å². The second-order valence-electron chi connectivity index (χ2n) is 4.33. The molecule has 0 unspecified atom stereocenters. The van der Waals surface area contributed by atoms with Gasteiger partial charge in [-0.3, -0.25) is 0 Å². The van der Waals surface area contributed by atoms with E-state index in [1.165, 1.54) is 6.07 Å². The van der Waals surface area contributed by atoms with Crippen LogP contribution in [0.5, 0.6) is 11.6 Å². The molecular weight excluding hydrogens is 321 g/mol. The number of rotatable bonds is 4. The summed E-state index contributed by atoms with van der Waals surface area (Å²) in [5.74, 6) is 0.856. The van der Waals surface area contributed by atoms with Gasteiger partial charge in [-0.2, -0.15) is 5.10 Å². The topological polar surface area (TPSA) is 53.1 Å². The Labute approximate surface area is 132 Å². The monoisotopic (exact) mass is 333 g/mol. The highest BCUT2D eigenvalue weighted by Crippen LogP contribution is 2.38. The van der Waals surface area contributed by atoms with Gasteiger partial charge in [0.1, 0.15) is 11.4 Å². The van der Waals surface area contributed by atoms with Gasteiger partial charge in [-0.25, -0.2) is 4.68 Å². The Morgan fingerprint density at radius 2 is 1.85 bits per heavy atom. The second-order valence-corrected chi connectivity index (χ2v) is 5.55. The average molecular weight is 335 g/mol. The minimum Gasteiger partial charge on any atom is -0.436 e. The standard InChI is InChI=1S/C13H14Cl3N3O/c1-3-4-19-13(12(17)7(2)18-19)20-11-6-9(15)8(14)5-10(11)16/h5-6H,3-4,17H2,1-2H3. The third-order valence-electron chi connectivity index (χ3n) is 2.74. The first-order valence-corrected chi connectivity index (χ1v) is 7.22. The van der Waals surface area contributed by atoms with E-state index >= 15 is 0 Å². The molecule has 0 spiro atoms. The molecule has 20 heavy (non-hydrogen) atoms. The van der Waals surface area contributed by atoms with Crippen molar-refractivity contribution in [2.75, 3.05) is 5.73 Å². The van der Waals surface area contributed by atoms with Crippen molar-refractivity contribution in [3.05, 3.63) is 32.9 Å². The molecule has 0 aliphatic rings. The molecule has 1 heterocycles. The van der Waals surface area contributed by atoms with E-state index in [2.05, 4.69) is 5.10 Å². The van der Waals surface area contributed by atoms with E-state index in [1.807, 2.05) is 13.8 Å². The molecular formula is C13H14Cl3N3O. The summed E-state index contributed by atoms with van der Waals surface area (Å²) in [6.07, 6.45) is 0.909. The van der Waals surface area contributed by atoms with Gasteiger partial charge in [0.2, 0.25) is 5.88 Å². The molecule has 0 aliphatic carbocycles. The van der Waals surface area contributed by atoms with Crippen LogP contribution >= 0.6 is 34.8 Å². The van der Waals surface area contributed by atoms with Gasteiger partial charge in [0.25, 0.3) is 0 Å². The van der Waals surface area contributed by atoms with Gasteiger partial charge >= 0.3 is 0 Å². The number of hydrogen-bond donors (Lipinski definition) is 1. The minimum atomic E-state index is 0.362. The molecule has 0 radical (unpaired) electrons. The SMILES string of the molecule is CCCn1nc(C)c(N)c1Oc1cc(Cl)c(Cl)cc1Cl. The lowest BCUT2D eigenvalue weighted by molar-refractivity contribution is 0.410. The Balaban J connectivity index is 2.42. The van der Waals surface area contributed by atoms with Crippen molar-refractivity contribution in [2.45, 2.75) is 26.8 Å². The Morgan fingerprint density at radius 3 is 2.50 bits per heavy atom. The first-order chi connectivity index (χ1) is 9.43. The third kappa shape index (κ3) is 2.97. The molecule has 2 aromatic rings. The molecule has 0 atom stereocenters. The summed E-state index contributed by atoms with van der Waals surface area (Å²) in [7, 11) is 0. The summed E-state index contributed by atoms with van der Waals surface area (Å²) in [5, 5.41) is 5.43. The predicted octanol–water partition coefficient (Wildman–Crippen LogP) is 4.94. The van der Waals surface area contributed by atoms with Crippen molar-refractivity contribution in [3.8, 4) is 11.6 Å². The Kier molecular flexibility index (Phi) is 4.68. The summed E-state index contributed by atoms with van der Waals surface area (Å²) in [6.45, 7) is 4.57. The maximum Gasteiger partial charge on any atom is 0.241 e. The lowest BCUT2D eigenvalue weighted by atomic mass is 10.3. The average Bonchev–Trinajstić information content (AvgIpc) is 2.64. The number of halogens is 3. The molecule has 0 saturated heterocycles. The number of aryl methyl sites for hydroxylation is 2. The highest BCUT2D eigenvalue weighted by Gasteiger charge is 2.16. The minimum absolute atomic E-state index is 0.362. The number of nitrogens with zero attached hydrogens (tertiary/aromatic N) is 2. The molecule has 0 aliphatic heterocycles. The van der Waals surface area contributed by atoms with Crippen molar-refractivity contribution < 1.29 is 4.74 Å². The zero-order valence-electron chi connectivity index (χ0n) is 11.1. The lowest BCUT2D eigenvalue weighted by Gasteiger charge is -2.11. The lowest BCUT2D eigenvalue weighted by Crippen LogP contribution is -2.03. The van der Waals surface area contributed by atoms with E-state index in [9.17, 15) is 0 Å². The van der Waals surface area contributed by atoms with Crippen LogP contribution in [0.4, 0.5) is 5.69 Å². The Hall–Kier alpha value is -1.10. The maximum absolute atomic E-state index is 6.10. The van der Waals surface area contributed by atoms with E-state index in [-0.39, 0.29) is 0 Å². The molecule has 7 heteroatoms. The third-order valence-corrected chi connectivity index (χ3v) is 3.76. The number of nitrogens with two attached hydrogens (primary N) is 1. The van der Waals surface area contributed by atoms with Crippen LogP contribution < -0.4 is 10.5 Å². The fourth-order valence-corrected chi connectivity index (χ4v) is 2.31. The smallest absolute Gasteiger partial charge is 0.241 e. The number of ether oxygens (including phenoxy) is 1. The van der Waals surface area contributed by atoms with Crippen molar-refractivity contribution >= 4 is 40.5 Å². The van der Waals surface area contributed by atoms with Gasteiger partial charge in [0.05, 0.1) is 20.8 Å². The van der Waals surface area contributed by atoms with Gasteiger partial charge < -0.3 is 10.5 Å². The zero-order chi connectivity index (χ0) is 14.9.